The maximum absolute atomic E-state index is 4.44. The largest absolute Gasteiger partial charge is 0.347 e. The Kier molecular flexibility index (Phi) is 3.20. The molecule has 0 amide bonds. The molecule has 0 aliphatic carbocycles. The van der Waals surface area contributed by atoms with Crippen molar-refractivity contribution in [1.29, 1.82) is 0 Å². The van der Waals surface area contributed by atoms with Crippen molar-refractivity contribution in [3.63, 3.8) is 0 Å². The monoisotopic (exact) mass is 248 g/mol. The molecule has 1 atom stereocenters. The third-order valence-corrected chi connectivity index (χ3v) is 4.19. The molecule has 3 rings (SSSR count). The maximum atomic E-state index is 4.44. The van der Waals surface area contributed by atoms with Crippen LogP contribution >= 0.6 is 11.3 Å². The van der Waals surface area contributed by atoms with Crippen molar-refractivity contribution in [2.45, 2.75) is 25.3 Å². The second-order valence-corrected chi connectivity index (χ2v) is 5.45. The van der Waals surface area contributed by atoms with Crippen molar-refractivity contribution < 1.29 is 0 Å². The van der Waals surface area contributed by atoms with Gasteiger partial charge in [-0.25, -0.2) is 9.97 Å². The molecule has 0 aromatic carbocycles. The van der Waals surface area contributed by atoms with E-state index in [1.165, 1.54) is 30.1 Å². The summed E-state index contributed by atoms with van der Waals surface area (Å²) in [5, 5.41) is 3.36. The molecular weight excluding hydrogens is 232 g/mol. The summed E-state index contributed by atoms with van der Waals surface area (Å²) >= 11 is 1.78. The number of likely N-dealkylation sites (tertiary alicyclic amines) is 1. The van der Waals surface area contributed by atoms with Crippen LogP contribution in [0.3, 0.4) is 0 Å². The number of imidazole rings is 1. The summed E-state index contributed by atoms with van der Waals surface area (Å²) < 4.78 is 0. The van der Waals surface area contributed by atoms with E-state index in [1.807, 2.05) is 12.4 Å². The number of hydrogen-bond donors (Lipinski definition) is 1. The Labute approximate surface area is 105 Å². The van der Waals surface area contributed by atoms with E-state index in [1.54, 1.807) is 17.7 Å². The Morgan fingerprint density at radius 2 is 2.53 bits per heavy atom. The van der Waals surface area contributed by atoms with Gasteiger partial charge in [-0.3, -0.25) is 4.90 Å². The third-order valence-electron chi connectivity index (χ3n) is 3.25. The summed E-state index contributed by atoms with van der Waals surface area (Å²) in [4.78, 5) is 14.2. The second-order valence-electron chi connectivity index (χ2n) is 4.52. The zero-order valence-electron chi connectivity index (χ0n) is 9.67. The topological polar surface area (TPSA) is 44.8 Å². The maximum Gasteiger partial charge on any atom is 0.0968 e. The molecule has 0 saturated carbocycles. The molecule has 17 heavy (non-hydrogen) atoms. The Hall–Kier alpha value is -1.20. The summed E-state index contributed by atoms with van der Waals surface area (Å²) in [6.07, 6.45) is 8.10. The molecule has 1 aliphatic rings. The summed E-state index contributed by atoms with van der Waals surface area (Å²) in [6, 6.07) is 0. The van der Waals surface area contributed by atoms with Crippen LogP contribution in [0.4, 0.5) is 0 Å². The van der Waals surface area contributed by atoms with Gasteiger partial charge >= 0.3 is 0 Å². The first-order valence-electron chi connectivity index (χ1n) is 6.01. The Balaban J connectivity index is 1.64. The number of H-pyrrole nitrogens is 1. The fraction of sp³-hybridized carbons (Fsp3) is 0.500. The van der Waals surface area contributed by atoms with Gasteiger partial charge in [0.25, 0.3) is 0 Å². The molecule has 0 unspecified atom stereocenters. The number of aromatic amines is 1. The molecule has 0 spiro atoms. The van der Waals surface area contributed by atoms with Gasteiger partial charge in [-0.1, -0.05) is 0 Å². The molecule has 1 aliphatic heterocycles. The lowest BCUT2D eigenvalue weighted by atomic mass is 9.99. The number of piperidine rings is 1. The SMILES string of the molecule is c1csc([C@@H]2CCCN(Cc3cnc[nH]3)C2)n1. The van der Waals surface area contributed by atoms with Crippen LogP contribution in [0.15, 0.2) is 24.1 Å². The van der Waals surface area contributed by atoms with E-state index < -0.39 is 0 Å². The fourth-order valence-electron chi connectivity index (χ4n) is 2.45. The molecule has 0 bridgehead atoms. The van der Waals surface area contributed by atoms with Gasteiger partial charge in [0, 0.05) is 42.5 Å². The average molecular weight is 248 g/mol. The highest BCUT2D eigenvalue weighted by molar-refractivity contribution is 7.09. The third kappa shape index (κ3) is 2.56. The second kappa shape index (κ2) is 4.98. The predicted octanol–water partition coefficient (Wildman–Crippen LogP) is 2.25. The first kappa shape index (κ1) is 10.9. The Bertz CT molecular complexity index is 437. The molecule has 0 radical (unpaired) electrons. The van der Waals surface area contributed by atoms with Crippen LogP contribution in [0.2, 0.25) is 0 Å². The van der Waals surface area contributed by atoms with Gasteiger partial charge in [-0.15, -0.1) is 11.3 Å². The van der Waals surface area contributed by atoms with Crippen LogP contribution in [0.25, 0.3) is 0 Å². The van der Waals surface area contributed by atoms with Gasteiger partial charge in [-0.05, 0) is 19.4 Å². The lowest BCUT2D eigenvalue weighted by Crippen LogP contribution is -2.33. The molecule has 1 fully saturated rings. The first-order chi connectivity index (χ1) is 8.42. The Morgan fingerprint density at radius 1 is 1.53 bits per heavy atom. The number of aromatic nitrogens is 3. The van der Waals surface area contributed by atoms with Crippen molar-refractivity contribution in [3.05, 3.63) is 34.8 Å². The minimum absolute atomic E-state index is 0.617. The average Bonchev–Trinajstić information content (AvgIpc) is 3.01. The number of hydrogen-bond acceptors (Lipinski definition) is 4. The number of thiazole rings is 1. The number of nitrogens with zero attached hydrogens (tertiary/aromatic N) is 3. The van der Waals surface area contributed by atoms with Crippen LogP contribution in [0, 0.1) is 0 Å². The van der Waals surface area contributed by atoms with Gasteiger partial charge in [-0.2, -0.15) is 0 Å². The minimum atomic E-state index is 0.617. The highest BCUT2D eigenvalue weighted by Crippen LogP contribution is 2.28. The minimum Gasteiger partial charge on any atom is -0.347 e. The molecular formula is C12H16N4S. The van der Waals surface area contributed by atoms with Crippen molar-refractivity contribution in [2.75, 3.05) is 13.1 Å². The van der Waals surface area contributed by atoms with Crippen LogP contribution < -0.4 is 0 Å². The van der Waals surface area contributed by atoms with Gasteiger partial charge in [0.05, 0.1) is 11.3 Å². The number of nitrogens with one attached hydrogen (secondary N) is 1. The zero-order chi connectivity index (χ0) is 11.5. The van der Waals surface area contributed by atoms with Crippen molar-refractivity contribution in [2.24, 2.45) is 0 Å². The fourth-order valence-corrected chi connectivity index (χ4v) is 3.22. The van der Waals surface area contributed by atoms with Crippen LogP contribution in [-0.4, -0.2) is 32.9 Å². The van der Waals surface area contributed by atoms with Crippen LogP contribution in [-0.2, 0) is 6.54 Å². The lowest BCUT2D eigenvalue weighted by molar-refractivity contribution is 0.198. The lowest BCUT2D eigenvalue weighted by Gasteiger charge is -2.31. The molecule has 5 heteroatoms. The van der Waals surface area contributed by atoms with E-state index in [-0.39, 0.29) is 0 Å². The van der Waals surface area contributed by atoms with E-state index in [2.05, 4.69) is 25.2 Å². The molecule has 1 saturated heterocycles. The van der Waals surface area contributed by atoms with Gasteiger partial charge in [0.2, 0.25) is 0 Å². The van der Waals surface area contributed by atoms with Gasteiger partial charge in [0.15, 0.2) is 0 Å². The van der Waals surface area contributed by atoms with E-state index in [9.17, 15) is 0 Å². The van der Waals surface area contributed by atoms with E-state index in [0.717, 1.165) is 13.1 Å². The standard InChI is InChI=1S/C12H16N4S/c1-2-10(12-14-3-5-17-12)7-16(4-1)8-11-6-13-9-15-11/h3,5-6,9-10H,1-2,4,7-8H2,(H,13,15)/t10-/m1/s1. The van der Waals surface area contributed by atoms with Crippen molar-refractivity contribution in [3.8, 4) is 0 Å². The molecule has 2 aromatic heterocycles. The molecule has 2 aromatic rings. The quantitative estimate of drug-likeness (QED) is 0.906. The van der Waals surface area contributed by atoms with E-state index >= 15 is 0 Å². The van der Waals surface area contributed by atoms with Crippen molar-refractivity contribution in [1.82, 2.24) is 19.9 Å². The summed E-state index contributed by atoms with van der Waals surface area (Å²) in [6.45, 7) is 3.27. The summed E-state index contributed by atoms with van der Waals surface area (Å²) in [5.74, 6) is 0.617. The number of rotatable bonds is 3. The van der Waals surface area contributed by atoms with E-state index in [4.69, 9.17) is 0 Å². The van der Waals surface area contributed by atoms with Crippen LogP contribution in [0.1, 0.15) is 29.5 Å². The molecule has 1 N–H and O–H groups in total. The Morgan fingerprint density at radius 3 is 3.29 bits per heavy atom. The summed E-state index contributed by atoms with van der Waals surface area (Å²) in [7, 11) is 0. The molecule has 90 valence electrons. The smallest absolute Gasteiger partial charge is 0.0968 e. The van der Waals surface area contributed by atoms with E-state index in [0.29, 0.717) is 5.92 Å². The van der Waals surface area contributed by atoms with Gasteiger partial charge < -0.3 is 4.98 Å². The zero-order valence-corrected chi connectivity index (χ0v) is 10.5. The normalized spacial score (nSPS) is 21.8. The van der Waals surface area contributed by atoms with Crippen LogP contribution in [0.5, 0.6) is 0 Å². The molecule has 3 heterocycles. The highest BCUT2D eigenvalue weighted by Gasteiger charge is 2.23. The molecule has 4 nitrogen and oxygen atoms in total. The predicted molar refractivity (Wildman–Crippen MR) is 68.0 cm³/mol. The summed E-state index contributed by atoms with van der Waals surface area (Å²) in [5.41, 5.74) is 1.20. The first-order valence-corrected chi connectivity index (χ1v) is 6.89. The van der Waals surface area contributed by atoms with Crippen molar-refractivity contribution >= 4 is 11.3 Å². The highest BCUT2D eigenvalue weighted by atomic mass is 32.1. The van der Waals surface area contributed by atoms with Gasteiger partial charge in [0.1, 0.15) is 0 Å².